The number of carboxylic acids is 1. The first-order valence-corrected chi connectivity index (χ1v) is 7.31. The number of hydrogen-bond acceptors (Lipinski definition) is 4. The Hall–Kier alpha value is -1.98. The van der Waals surface area contributed by atoms with E-state index in [0.717, 1.165) is 12.8 Å². The van der Waals surface area contributed by atoms with E-state index in [1.807, 2.05) is 13.8 Å². The Balaban J connectivity index is 2.07. The van der Waals surface area contributed by atoms with Gasteiger partial charge >= 0.3 is 5.97 Å². The molecule has 116 valence electrons. The largest absolute Gasteiger partial charge is 0.481 e. The Morgan fingerprint density at radius 2 is 2.14 bits per heavy atom. The maximum absolute atomic E-state index is 12.4. The number of hydrogen-bond donors (Lipinski definition) is 1. The third kappa shape index (κ3) is 3.37. The molecule has 2 heterocycles. The summed E-state index contributed by atoms with van der Waals surface area (Å²) in [5, 5.41) is 9.27. The number of carboxylic acid groups (broad SMARTS) is 1. The van der Waals surface area contributed by atoms with Gasteiger partial charge in [-0.15, -0.1) is 0 Å². The monoisotopic (exact) mass is 295 g/mol. The van der Waals surface area contributed by atoms with Crippen molar-refractivity contribution in [3.05, 3.63) is 17.9 Å². The van der Waals surface area contributed by atoms with Crippen LogP contribution in [0.4, 0.5) is 0 Å². The van der Waals surface area contributed by atoms with Gasteiger partial charge in [0.05, 0.1) is 12.5 Å². The van der Waals surface area contributed by atoms with Gasteiger partial charge in [0.25, 0.3) is 11.9 Å². The van der Waals surface area contributed by atoms with Crippen LogP contribution in [-0.2, 0) is 4.79 Å². The van der Waals surface area contributed by atoms with Crippen LogP contribution in [0.1, 0.15) is 37.2 Å². The minimum absolute atomic E-state index is 0.0118. The third-order valence-electron chi connectivity index (χ3n) is 3.78. The summed E-state index contributed by atoms with van der Waals surface area (Å²) in [5.74, 6) is -1.09. The van der Waals surface area contributed by atoms with Crippen LogP contribution in [0.2, 0.25) is 0 Å². The minimum Gasteiger partial charge on any atom is -0.481 e. The van der Waals surface area contributed by atoms with Gasteiger partial charge in [0, 0.05) is 19.2 Å². The molecular formula is C15H21NO5. The van der Waals surface area contributed by atoms with Crippen molar-refractivity contribution in [3.63, 3.8) is 0 Å². The first-order chi connectivity index (χ1) is 10.1. The Morgan fingerprint density at radius 3 is 2.76 bits per heavy atom. The summed E-state index contributed by atoms with van der Waals surface area (Å²) < 4.78 is 10.5. The maximum atomic E-state index is 12.4. The maximum Gasteiger partial charge on any atom is 0.308 e. The fourth-order valence-corrected chi connectivity index (χ4v) is 2.79. The van der Waals surface area contributed by atoms with Crippen molar-refractivity contribution in [1.29, 1.82) is 0 Å². The van der Waals surface area contributed by atoms with Crippen molar-refractivity contribution in [2.45, 2.75) is 26.7 Å². The second kappa shape index (κ2) is 6.65. The summed E-state index contributed by atoms with van der Waals surface area (Å²) in [6.07, 6.45) is 1.72. The van der Waals surface area contributed by atoms with E-state index in [1.54, 1.807) is 17.0 Å². The molecule has 1 fully saturated rings. The number of amides is 1. The van der Waals surface area contributed by atoms with Gasteiger partial charge in [-0.25, -0.2) is 0 Å². The molecule has 2 rings (SSSR count). The van der Waals surface area contributed by atoms with Crippen LogP contribution in [0.3, 0.4) is 0 Å². The molecule has 0 spiro atoms. The lowest BCUT2D eigenvalue weighted by Gasteiger charge is -2.14. The number of furan rings is 1. The molecule has 1 N–H and O–H groups in total. The molecule has 1 aromatic heterocycles. The number of rotatable bonds is 6. The Bertz CT molecular complexity index is 510. The molecule has 0 unspecified atom stereocenters. The van der Waals surface area contributed by atoms with E-state index in [2.05, 4.69) is 0 Å². The minimum atomic E-state index is -0.835. The van der Waals surface area contributed by atoms with Crippen molar-refractivity contribution in [2.75, 3.05) is 19.7 Å². The van der Waals surface area contributed by atoms with Crippen LogP contribution in [0.5, 0.6) is 5.95 Å². The Kier molecular flexibility index (Phi) is 4.88. The van der Waals surface area contributed by atoms with Crippen molar-refractivity contribution in [2.24, 2.45) is 11.8 Å². The number of ether oxygens (including phenoxy) is 1. The lowest BCUT2D eigenvalue weighted by Crippen LogP contribution is -2.29. The summed E-state index contributed by atoms with van der Waals surface area (Å²) >= 11 is 0. The van der Waals surface area contributed by atoms with Gasteiger partial charge < -0.3 is 19.2 Å². The average molecular weight is 295 g/mol. The van der Waals surface area contributed by atoms with E-state index in [4.69, 9.17) is 9.15 Å². The summed E-state index contributed by atoms with van der Waals surface area (Å²) in [6, 6.07) is 3.17. The van der Waals surface area contributed by atoms with Crippen molar-refractivity contribution in [1.82, 2.24) is 4.90 Å². The van der Waals surface area contributed by atoms with E-state index in [-0.39, 0.29) is 24.1 Å². The quantitative estimate of drug-likeness (QED) is 0.870. The van der Waals surface area contributed by atoms with E-state index in [1.165, 1.54) is 0 Å². The van der Waals surface area contributed by atoms with Crippen LogP contribution in [-0.4, -0.2) is 41.6 Å². The fraction of sp³-hybridized carbons (Fsp3) is 0.600. The topological polar surface area (TPSA) is 80.0 Å². The zero-order valence-electron chi connectivity index (χ0n) is 12.4. The number of nitrogens with zero attached hydrogens (tertiary/aromatic N) is 1. The van der Waals surface area contributed by atoms with Gasteiger partial charge in [-0.1, -0.05) is 13.3 Å². The zero-order chi connectivity index (χ0) is 15.4. The zero-order valence-corrected chi connectivity index (χ0v) is 12.4. The van der Waals surface area contributed by atoms with Crippen LogP contribution in [0.25, 0.3) is 0 Å². The lowest BCUT2D eigenvalue weighted by atomic mass is 9.92. The van der Waals surface area contributed by atoms with Crippen LogP contribution in [0, 0.1) is 11.8 Å². The SMILES string of the molecule is CCC[C@@H]1CN(C(=O)c2ccc(OCC)o2)C[C@H]1C(=O)O. The Morgan fingerprint density at radius 1 is 1.38 bits per heavy atom. The third-order valence-corrected chi connectivity index (χ3v) is 3.78. The van der Waals surface area contributed by atoms with E-state index in [0.29, 0.717) is 19.1 Å². The van der Waals surface area contributed by atoms with Crippen LogP contribution in [0.15, 0.2) is 16.5 Å². The smallest absolute Gasteiger partial charge is 0.308 e. The number of carbonyl (C=O) groups excluding carboxylic acids is 1. The van der Waals surface area contributed by atoms with Gasteiger partial charge in [-0.2, -0.15) is 0 Å². The highest BCUT2D eigenvalue weighted by Gasteiger charge is 2.39. The van der Waals surface area contributed by atoms with Gasteiger partial charge in [0.1, 0.15) is 0 Å². The summed E-state index contributed by atoms with van der Waals surface area (Å²) in [5.41, 5.74) is 0. The number of aliphatic carboxylic acids is 1. The van der Waals surface area contributed by atoms with Gasteiger partial charge in [-0.05, 0) is 25.3 Å². The van der Waals surface area contributed by atoms with Crippen LogP contribution < -0.4 is 4.74 Å². The number of carbonyl (C=O) groups is 2. The molecule has 1 saturated heterocycles. The molecule has 0 aromatic carbocycles. The van der Waals surface area contributed by atoms with Crippen molar-refractivity contribution >= 4 is 11.9 Å². The second-order valence-electron chi connectivity index (χ2n) is 5.26. The molecule has 0 saturated carbocycles. The molecule has 1 aliphatic heterocycles. The highest BCUT2D eigenvalue weighted by molar-refractivity contribution is 5.92. The highest BCUT2D eigenvalue weighted by Crippen LogP contribution is 2.29. The summed E-state index contributed by atoms with van der Waals surface area (Å²) in [6.45, 7) is 5.02. The van der Waals surface area contributed by atoms with Gasteiger partial charge in [-0.3, -0.25) is 9.59 Å². The fourth-order valence-electron chi connectivity index (χ4n) is 2.79. The van der Waals surface area contributed by atoms with E-state index < -0.39 is 11.9 Å². The molecule has 1 aromatic rings. The van der Waals surface area contributed by atoms with Crippen molar-refractivity contribution in [3.8, 4) is 5.95 Å². The predicted molar refractivity (Wildman–Crippen MR) is 75.3 cm³/mol. The molecule has 6 heteroatoms. The van der Waals surface area contributed by atoms with E-state index >= 15 is 0 Å². The summed E-state index contributed by atoms with van der Waals surface area (Å²) in [4.78, 5) is 25.2. The van der Waals surface area contributed by atoms with E-state index in [9.17, 15) is 14.7 Å². The molecule has 0 aliphatic carbocycles. The Labute approximate surface area is 123 Å². The lowest BCUT2D eigenvalue weighted by molar-refractivity contribution is -0.142. The first-order valence-electron chi connectivity index (χ1n) is 7.31. The highest BCUT2D eigenvalue weighted by atomic mass is 16.6. The second-order valence-corrected chi connectivity index (χ2v) is 5.26. The van der Waals surface area contributed by atoms with Crippen molar-refractivity contribution < 1.29 is 23.8 Å². The molecule has 0 bridgehead atoms. The summed E-state index contributed by atoms with van der Waals surface area (Å²) in [7, 11) is 0. The first kappa shape index (κ1) is 15.4. The molecule has 21 heavy (non-hydrogen) atoms. The van der Waals surface area contributed by atoms with Gasteiger partial charge in [0.2, 0.25) is 0 Å². The molecular weight excluding hydrogens is 274 g/mol. The molecule has 1 amide bonds. The normalized spacial score (nSPS) is 21.5. The molecule has 2 atom stereocenters. The van der Waals surface area contributed by atoms with Crippen LogP contribution >= 0.6 is 0 Å². The number of likely N-dealkylation sites (tertiary alicyclic amines) is 1. The van der Waals surface area contributed by atoms with Gasteiger partial charge in [0.15, 0.2) is 5.76 Å². The molecule has 1 aliphatic rings. The standard InChI is InChI=1S/C15H21NO5/c1-3-5-10-8-16(9-11(10)15(18)19)14(17)12-6-7-13(21-12)20-4-2/h6-7,10-11H,3-5,8-9H2,1-2H3,(H,18,19)/t10-,11-/m1/s1. The predicted octanol–water partition coefficient (Wildman–Crippen LogP) is 2.25. The molecule has 0 radical (unpaired) electrons. The molecule has 6 nitrogen and oxygen atoms in total. The average Bonchev–Trinajstić information content (AvgIpc) is 3.06.